The second kappa shape index (κ2) is 27.9. The zero-order valence-corrected chi connectivity index (χ0v) is 31.2. The van der Waals surface area contributed by atoms with Gasteiger partial charge in [-0.25, -0.2) is 4.79 Å². The molecule has 2 aliphatic rings. The summed E-state index contributed by atoms with van der Waals surface area (Å²) >= 11 is 1.88. The quantitative estimate of drug-likeness (QED) is 0.0136. The molecule has 0 aliphatic carbocycles. The number of unbranched alkanes of at least 4 members (excludes halogenated alkanes) is 2. The minimum absolute atomic E-state index is 0.0124. The number of ketones is 1. The first kappa shape index (κ1) is 45.5. The van der Waals surface area contributed by atoms with Gasteiger partial charge in [0.2, 0.25) is 29.4 Å². The van der Waals surface area contributed by atoms with Crippen LogP contribution in [0, 0.1) is 0 Å². The summed E-state index contributed by atoms with van der Waals surface area (Å²) in [6.45, 7) is 3.82. The predicted octanol–water partition coefficient (Wildman–Crippen LogP) is -1.48. The molecule has 0 saturated carbocycles. The maximum Gasteiger partial charge on any atom is 0.323 e. The smallest absolute Gasteiger partial charge is 0.323 e. The number of nitrogens with two attached hydrogens (primary N) is 2. The van der Waals surface area contributed by atoms with Crippen molar-refractivity contribution in [3.05, 3.63) is 5.53 Å². The molecule has 2 heterocycles. The number of carbonyl (C=O) groups excluding carboxylic acids is 6. The van der Waals surface area contributed by atoms with E-state index in [1.54, 1.807) is 0 Å². The normalized spacial score (nSPS) is 18.5. The second-order valence-corrected chi connectivity index (χ2v) is 13.9. The van der Waals surface area contributed by atoms with Crippen LogP contribution in [0.3, 0.4) is 0 Å². The SMILES string of the molecule is [N-]=[N+]=CC(=O)CC[C@H](NC(=O)[C@@H](N)CCCCNC(=O)CCOCCOCCOCCOCCNC(=O)CCCC[C@@H]1SC[C@@H]2NC(=O)N[C@@H]21)C(N)=O. The largest absolute Gasteiger partial charge is 0.379 e. The Balaban J connectivity index is 1.30. The second-order valence-electron chi connectivity index (χ2n) is 12.6. The molecule has 0 radical (unpaired) electrons. The zero-order chi connectivity index (χ0) is 38.7. The molecule has 2 saturated heterocycles. The first-order valence-electron chi connectivity index (χ1n) is 18.2. The Morgan fingerprint density at radius 1 is 0.830 bits per heavy atom. The van der Waals surface area contributed by atoms with Crippen LogP contribution in [0.25, 0.3) is 5.53 Å². The Morgan fingerprint density at radius 3 is 2.15 bits per heavy atom. The van der Waals surface area contributed by atoms with Gasteiger partial charge in [-0.1, -0.05) is 6.42 Å². The average molecular weight is 772 g/mol. The minimum Gasteiger partial charge on any atom is -0.379 e. The lowest BCUT2D eigenvalue weighted by Crippen LogP contribution is -2.50. The molecule has 0 spiro atoms. The van der Waals surface area contributed by atoms with Gasteiger partial charge >= 0.3 is 12.2 Å². The van der Waals surface area contributed by atoms with Gasteiger partial charge in [-0.3, -0.25) is 24.0 Å². The van der Waals surface area contributed by atoms with E-state index in [4.69, 9.17) is 35.9 Å². The average Bonchev–Trinajstić information content (AvgIpc) is 3.68. The van der Waals surface area contributed by atoms with E-state index >= 15 is 0 Å². The van der Waals surface area contributed by atoms with Crippen molar-refractivity contribution in [2.75, 3.05) is 71.7 Å². The minimum atomic E-state index is -1.08. The highest BCUT2D eigenvalue weighted by Gasteiger charge is 2.42. The molecule has 0 aromatic carbocycles. The molecule has 19 nitrogen and oxygen atoms in total. The number of rotatable bonds is 32. The molecule has 0 aromatic heterocycles. The van der Waals surface area contributed by atoms with Crippen molar-refractivity contribution in [1.29, 1.82) is 0 Å². The molecular formula is C33H57N9O10S. The molecule has 300 valence electrons. The highest BCUT2D eigenvalue weighted by molar-refractivity contribution is 8.00. The molecule has 9 N–H and O–H groups in total. The van der Waals surface area contributed by atoms with E-state index in [9.17, 15) is 28.8 Å². The van der Waals surface area contributed by atoms with Crippen LogP contribution < -0.4 is 38.1 Å². The molecule has 2 fully saturated rings. The van der Waals surface area contributed by atoms with E-state index in [0.717, 1.165) is 25.0 Å². The van der Waals surface area contributed by atoms with Gasteiger partial charge in [-0.2, -0.15) is 16.6 Å². The fourth-order valence-corrected chi connectivity index (χ4v) is 7.01. The number of hydrogen-bond donors (Lipinski definition) is 7. The van der Waals surface area contributed by atoms with E-state index < -0.39 is 29.7 Å². The van der Waals surface area contributed by atoms with Crippen LogP contribution in [0.2, 0.25) is 0 Å². The van der Waals surface area contributed by atoms with Crippen molar-refractivity contribution < 1.29 is 52.5 Å². The lowest BCUT2D eigenvalue weighted by atomic mass is 10.0. The highest BCUT2D eigenvalue weighted by Crippen LogP contribution is 2.33. The van der Waals surface area contributed by atoms with Gasteiger partial charge < -0.3 is 62.5 Å². The third-order valence-electron chi connectivity index (χ3n) is 8.38. The Morgan fingerprint density at radius 2 is 1.47 bits per heavy atom. The first-order chi connectivity index (χ1) is 25.6. The zero-order valence-electron chi connectivity index (χ0n) is 30.4. The Labute approximate surface area is 314 Å². The third-order valence-corrected chi connectivity index (χ3v) is 9.89. The summed E-state index contributed by atoms with van der Waals surface area (Å²) in [4.78, 5) is 73.4. The van der Waals surface area contributed by atoms with Crippen molar-refractivity contribution in [1.82, 2.24) is 26.6 Å². The van der Waals surface area contributed by atoms with Crippen LogP contribution in [0.4, 0.5) is 4.79 Å². The molecule has 53 heavy (non-hydrogen) atoms. The Hall–Kier alpha value is -3.65. The van der Waals surface area contributed by atoms with Crippen LogP contribution >= 0.6 is 11.8 Å². The Bertz CT molecular complexity index is 1210. The summed E-state index contributed by atoms with van der Waals surface area (Å²) < 4.78 is 21.8. The van der Waals surface area contributed by atoms with Crippen molar-refractivity contribution in [3.8, 4) is 0 Å². The number of hydrogen-bond acceptors (Lipinski definition) is 12. The van der Waals surface area contributed by atoms with E-state index in [-0.39, 0.29) is 55.8 Å². The molecule has 0 unspecified atom stereocenters. The van der Waals surface area contributed by atoms with Gasteiger partial charge in [0.15, 0.2) is 0 Å². The number of primary amides is 1. The molecule has 6 amide bonds. The van der Waals surface area contributed by atoms with Gasteiger partial charge in [-0.15, -0.1) is 0 Å². The molecule has 20 heteroatoms. The lowest BCUT2D eigenvalue weighted by molar-refractivity contribution is -0.128. The van der Waals surface area contributed by atoms with Crippen molar-refractivity contribution in [2.24, 2.45) is 11.5 Å². The van der Waals surface area contributed by atoms with Crippen LogP contribution in [0.5, 0.6) is 0 Å². The highest BCUT2D eigenvalue weighted by atomic mass is 32.2. The van der Waals surface area contributed by atoms with Crippen LogP contribution in [-0.2, 0) is 42.9 Å². The molecule has 0 aromatic rings. The van der Waals surface area contributed by atoms with E-state index in [0.29, 0.717) is 96.5 Å². The Kier molecular flexibility index (Phi) is 23.9. The van der Waals surface area contributed by atoms with Crippen molar-refractivity contribution >= 4 is 53.4 Å². The first-order valence-corrected chi connectivity index (χ1v) is 19.2. The number of urea groups is 1. The summed E-state index contributed by atoms with van der Waals surface area (Å²) in [5, 5.41) is 14.4. The van der Waals surface area contributed by atoms with Gasteiger partial charge in [0, 0.05) is 43.4 Å². The fraction of sp³-hybridized carbons (Fsp3) is 0.788. The van der Waals surface area contributed by atoms with Crippen molar-refractivity contribution in [2.45, 2.75) is 93.6 Å². The number of ether oxygens (including phenoxy) is 4. The van der Waals surface area contributed by atoms with Gasteiger partial charge in [0.25, 0.3) is 0 Å². The number of thioether (sulfide) groups is 1. The number of fused-ring (bicyclic) bond motifs is 1. The van der Waals surface area contributed by atoms with Crippen LogP contribution in [-0.4, -0.2) is 148 Å². The predicted molar refractivity (Wildman–Crippen MR) is 195 cm³/mol. The topological polar surface area (TPSA) is 288 Å². The monoisotopic (exact) mass is 771 g/mol. The molecule has 2 rings (SSSR count). The van der Waals surface area contributed by atoms with Gasteiger partial charge in [0.05, 0.1) is 71.0 Å². The summed E-state index contributed by atoms with van der Waals surface area (Å²) in [5.74, 6) is -1.12. The van der Waals surface area contributed by atoms with E-state index in [2.05, 4.69) is 31.4 Å². The summed E-state index contributed by atoms with van der Waals surface area (Å²) in [6.07, 6.45) is 5.40. The van der Waals surface area contributed by atoms with E-state index in [1.165, 1.54) is 0 Å². The summed E-state index contributed by atoms with van der Waals surface area (Å²) in [6, 6.07) is -1.62. The maximum atomic E-state index is 12.3. The summed E-state index contributed by atoms with van der Waals surface area (Å²) in [5.41, 5.74) is 19.5. The summed E-state index contributed by atoms with van der Waals surface area (Å²) in [7, 11) is 0. The van der Waals surface area contributed by atoms with Gasteiger partial charge in [-0.05, 0) is 38.5 Å². The third kappa shape index (κ3) is 21.0. The number of Topliss-reactive ketones (excluding diaryl/α,β-unsaturated/α-hetero) is 1. The fourth-order valence-electron chi connectivity index (χ4n) is 5.47. The van der Waals surface area contributed by atoms with E-state index in [1.807, 2.05) is 11.8 Å². The van der Waals surface area contributed by atoms with Crippen molar-refractivity contribution in [3.63, 3.8) is 0 Å². The number of nitrogens with zero attached hydrogens (tertiary/aromatic N) is 2. The maximum absolute atomic E-state index is 12.3. The number of amides is 6. The van der Waals surface area contributed by atoms with Gasteiger partial charge in [0.1, 0.15) is 6.04 Å². The molecule has 0 bridgehead atoms. The number of carbonyl (C=O) groups is 6. The molecular weight excluding hydrogens is 714 g/mol. The molecule has 5 atom stereocenters. The standard InChI is InChI=1S/C33H57N9O10S/c34-24(32(47)40-25(31(35)46)9-8-23(43)21-39-36)5-3-4-11-37-29(45)10-13-49-15-17-51-19-20-52-18-16-50-14-12-38-28(44)7-2-1-6-27-30-26(22-53-27)41-33(48)42-30/h21,24-27,30H,1-20,22,34H2,(H2,35,46)(H,37,45)(H,38,44)(H,40,47)(H2,41,42,48)/t24-,25-,26-,27-,30-/m0/s1. The molecule has 2 aliphatic heterocycles. The number of nitrogens with one attached hydrogen (secondary N) is 5. The van der Waals surface area contributed by atoms with Crippen LogP contribution in [0.15, 0.2) is 0 Å². The van der Waals surface area contributed by atoms with Crippen LogP contribution in [0.1, 0.15) is 64.2 Å². The lowest BCUT2D eigenvalue weighted by Gasteiger charge is -2.18.